The highest BCUT2D eigenvalue weighted by Crippen LogP contribution is 2.51. The fraction of sp³-hybridized carbons (Fsp3) is 0.436. The summed E-state index contributed by atoms with van der Waals surface area (Å²) in [6, 6.07) is 9.63. The number of ether oxygens (including phenoxy) is 2. The van der Waals surface area contributed by atoms with Crippen LogP contribution in [0.4, 0.5) is 0 Å². The molecule has 2 aromatic carbocycles. The second kappa shape index (κ2) is 13.5. The Morgan fingerprint density at radius 3 is 2.43 bits per heavy atom. The van der Waals surface area contributed by atoms with Crippen molar-refractivity contribution in [1.29, 1.82) is 0 Å². The van der Waals surface area contributed by atoms with E-state index in [1.165, 1.54) is 0 Å². The van der Waals surface area contributed by atoms with Gasteiger partial charge >= 0.3 is 0 Å². The maximum atomic E-state index is 13.4. The smallest absolute Gasteiger partial charge is 0.276 e. The first kappa shape index (κ1) is 34.2. The number of hydrogen-bond donors (Lipinski definition) is 1. The molecule has 0 unspecified atom stereocenters. The SMILES string of the molecule is COc1cc(-c2cn(C)c(=O)c3c2cnn3C)cc(OC)c1CCCC(=O)NCCCCc1cccc2c1CN(C13CC(C1)C(=O)CC3=O)C2=O. The third-order valence-electron chi connectivity index (χ3n) is 11.1. The molecule has 2 amide bonds. The molecule has 4 aliphatic rings. The fourth-order valence-corrected chi connectivity index (χ4v) is 8.20. The monoisotopic (exact) mass is 693 g/mol. The summed E-state index contributed by atoms with van der Waals surface area (Å²) in [6.07, 6.45) is 8.26. The number of aryl methyl sites for hydroxylation is 3. The number of aromatic nitrogens is 3. The lowest BCUT2D eigenvalue weighted by molar-refractivity contribution is -0.156. The van der Waals surface area contributed by atoms with Gasteiger partial charge in [-0.2, -0.15) is 5.10 Å². The standard InChI is InChI=1S/C39H43N5O7/c1-42-21-29(28-20-41-43(2)36(28)38(42)49)24-15-32(50-3)27(33(16-24)51-4)12-8-13-35(47)40-14-6-5-9-23-10-7-11-26-30(23)22-44(37(26)48)39-18-25(19-39)31(45)17-34(39)46/h7,10-11,15-16,20-21,25H,5-6,8-9,12-14,17-19,22H2,1-4H3,(H,40,47). The average molecular weight is 694 g/mol. The fourth-order valence-electron chi connectivity index (χ4n) is 8.20. The van der Waals surface area contributed by atoms with Crippen LogP contribution in [0.5, 0.6) is 11.5 Å². The lowest BCUT2D eigenvalue weighted by atomic mass is 9.57. The van der Waals surface area contributed by atoms with Crippen molar-refractivity contribution in [3.63, 3.8) is 0 Å². The summed E-state index contributed by atoms with van der Waals surface area (Å²) in [5.41, 5.74) is 4.84. The zero-order valence-corrected chi connectivity index (χ0v) is 29.5. The van der Waals surface area contributed by atoms with E-state index in [0.29, 0.717) is 67.8 Å². The van der Waals surface area contributed by atoms with E-state index in [1.807, 2.05) is 30.3 Å². The first-order valence-corrected chi connectivity index (χ1v) is 17.6. The van der Waals surface area contributed by atoms with Gasteiger partial charge in [0.1, 0.15) is 28.3 Å². The Morgan fingerprint density at radius 1 is 0.980 bits per heavy atom. The number of amides is 2. The first-order chi connectivity index (χ1) is 24.6. The van der Waals surface area contributed by atoms with Gasteiger partial charge in [0.15, 0.2) is 5.78 Å². The third-order valence-corrected chi connectivity index (χ3v) is 11.1. The molecule has 1 aliphatic heterocycles. The molecule has 51 heavy (non-hydrogen) atoms. The summed E-state index contributed by atoms with van der Waals surface area (Å²) >= 11 is 0. The van der Waals surface area contributed by atoms with Gasteiger partial charge in [0, 0.05) is 67.8 Å². The molecule has 3 aliphatic carbocycles. The van der Waals surface area contributed by atoms with Crippen LogP contribution in [-0.2, 0) is 47.9 Å². The average Bonchev–Trinajstić information content (AvgIpc) is 3.65. The van der Waals surface area contributed by atoms with E-state index in [4.69, 9.17) is 9.47 Å². The van der Waals surface area contributed by atoms with E-state index in [1.54, 1.807) is 54.9 Å². The molecule has 0 atom stereocenters. The Balaban J connectivity index is 0.910. The highest BCUT2D eigenvalue weighted by molar-refractivity contribution is 6.13. The number of pyridine rings is 1. The molecule has 3 heterocycles. The quantitative estimate of drug-likeness (QED) is 0.163. The number of fused-ring (bicyclic) bond motifs is 4. The molecule has 3 saturated carbocycles. The molecule has 12 nitrogen and oxygen atoms in total. The van der Waals surface area contributed by atoms with Crippen molar-refractivity contribution in [2.24, 2.45) is 20.0 Å². The Hall–Kier alpha value is -5.26. The highest BCUT2D eigenvalue weighted by atomic mass is 16.5. The van der Waals surface area contributed by atoms with Gasteiger partial charge in [-0.05, 0) is 79.8 Å². The molecular weight excluding hydrogens is 650 g/mol. The van der Waals surface area contributed by atoms with Crippen molar-refractivity contribution in [1.82, 2.24) is 24.6 Å². The van der Waals surface area contributed by atoms with Crippen LogP contribution < -0.4 is 20.3 Å². The minimum atomic E-state index is -0.812. The Bertz CT molecular complexity index is 2120. The predicted octanol–water partition coefficient (Wildman–Crippen LogP) is 4.06. The van der Waals surface area contributed by atoms with Crippen LogP contribution in [0, 0.1) is 5.92 Å². The number of unbranched alkanes of at least 4 members (excludes halogenated alkanes) is 1. The van der Waals surface area contributed by atoms with Gasteiger partial charge in [0.25, 0.3) is 11.5 Å². The summed E-state index contributed by atoms with van der Waals surface area (Å²) in [5, 5.41) is 8.08. The number of carbonyl (C=O) groups is 4. The molecule has 2 aromatic heterocycles. The molecule has 2 bridgehead atoms. The van der Waals surface area contributed by atoms with E-state index in [9.17, 15) is 24.0 Å². The molecule has 4 aromatic rings. The summed E-state index contributed by atoms with van der Waals surface area (Å²) in [6.45, 7) is 0.962. The number of nitrogens with zero attached hydrogens (tertiary/aromatic N) is 4. The van der Waals surface area contributed by atoms with Crippen molar-refractivity contribution < 1.29 is 28.7 Å². The summed E-state index contributed by atoms with van der Waals surface area (Å²) in [4.78, 5) is 65.5. The third kappa shape index (κ3) is 5.90. The van der Waals surface area contributed by atoms with Crippen LogP contribution in [0.2, 0.25) is 0 Å². The minimum Gasteiger partial charge on any atom is -0.496 e. The molecule has 1 N–H and O–H groups in total. The van der Waals surface area contributed by atoms with E-state index in [-0.39, 0.29) is 41.3 Å². The van der Waals surface area contributed by atoms with Gasteiger partial charge in [-0.25, -0.2) is 0 Å². The number of benzene rings is 2. The normalized spacial score (nSPS) is 19.3. The van der Waals surface area contributed by atoms with E-state index >= 15 is 0 Å². The van der Waals surface area contributed by atoms with E-state index in [2.05, 4.69) is 10.4 Å². The topological polar surface area (TPSA) is 142 Å². The number of Topliss-reactive ketones (excluding diaryl/α,β-unsaturated/α-hetero) is 2. The van der Waals surface area contributed by atoms with E-state index in [0.717, 1.165) is 52.5 Å². The lowest BCUT2D eigenvalue weighted by Gasteiger charge is -2.54. The van der Waals surface area contributed by atoms with Crippen molar-refractivity contribution in [3.8, 4) is 22.6 Å². The lowest BCUT2D eigenvalue weighted by Crippen LogP contribution is -2.67. The van der Waals surface area contributed by atoms with Crippen molar-refractivity contribution >= 4 is 34.3 Å². The summed E-state index contributed by atoms with van der Waals surface area (Å²) < 4.78 is 14.7. The van der Waals surface area contributed by atoms with Gasteiger partial charge < -0.3 is 24.3 Å². The Labute approximate surface area is 295 Å². The molecule has 8 rings (SSSR count). The predicted molar refractivity (Wildman–Crippen MR) is 190 cm³/mol. The molecule has 0 radical (unpaired) electrons. The number of ketones is 2. The van der Waals surface area contributed by atoms with Gasteiger partial charge in [-0.15, -0.1) is 0 Å². The Kier molecular flexibility index (Phi) is 9.03. The zero-order valence-electron chi connectivity index (χ0n) is 29.5. The molecule has 3 fully saturated rings. The number of rotatable bonds is 13. The van der Waals surface area contributed by atoms with Gasteiger partial charge in [0.2, 0.25) is 5.91 Å². The molecule has 266 valence electrons. The number of hydrogen-bond acceptors (Lipinski definition) is 8. The van der Waals surface area contributed by atoms with Crippen LogP contribution in [0.3, 0.4) is 0 Å². The number of methoxy groups -OCH3 is 2. The van der Waals surface area contributed by atoms with E-state index < -0.39 is 5.54 Å². The molecule has 0 saturated heterocycles. The second-order valence-corrected chi connectivity index (χ2v) is 14.0. The summed E-state index contributed by atoms with van der Waals surface area (Å²) in [7, 11) is 6.68. The second-order valence-electron chi connectivity index (χ2n) is 14.0. The zero-order chi connectivity index (χ0) is 36.0. The van der Waals surface area contributed by atoms with Gasteiger partial charge in [-0.3, -0.25) is 28.7 Å². The van der Waals surface area contributed by atoms with Crippen LogP contribution in [0.15, 0.2) is 47.5 Å². The minimum absolute atomic E-state index is 0.0110. The van der Waals surface area contributed by atoms with Gasteiger partial charge in [0.05, 0.1) is 26.8 Å². The van der Waals surface area contributed by atoms with Crippen molar-refractivity contribution in [2.75, 3.05) is 20.8 Å². The number of nitrogens with one attached hydrogen (secondary N) is 1. The molecule has 0 spiro atoms. The maximum absolute atomic E-state index is 13.4. The Morgan fingerprint density at radius 2 is 1.73 bits per heavy atom. The van der Waals surface area contributed by atoms with Crippen LogP contribution in [-0.4, -0.2) is 68.9 Å². The van der Waals surface area contributed by atoms with Crippen LogP contribution >= 0.6 is 0 Å². The maximum Gasteiger partial charge on any atom is 0.276 e. The van der Waals surface area contributed by atoms with Crippen LogP contribution in [0.25, 0.3) is 22.0 Å². The number of carbonyl (C=O) groups excluding carboxylic acids is 4. The van der Waals surface area contributed by atoms with Crippen LogP contribution in [0.1, 0.15) is 72.0 Å². The largest absolute Gasteiger partial charge is 0.496 e. The highest BCUT2D eigenvalue weighted by Gasteiger charge is 2.62. The molecule has 12 heteroatoms. The van der Waals surface area contributed by atoms with Gasteiger partial charge in [-0.1, -0.05) is 12.1 Å². The van der Waals surface area contributed by atoms with Crippen molar-refractivity contribution in [2.45, 2.75) is 69.9 Å². The first-order valence-electron chi connectivity index (χ1n) is 17.6. The van der Waals surface area contributed by atoms with Crippen molar-refractivity contribution in [3.05, 3.63) is 75.3 Å². The molecular formula is C39H43N5O7. The summed E-state index contributed by atoms with van der Waals surface area (Å²) in [5.74, 6) is 0.956.